The number of carbonyl (C=O) groups excluding carboxylic acids is 2. The van der Waals surface area contributed by atoms with Crippen LogP contribution < -0.4 is 5.32 Å². The summed E-state index contributed by atoms with van der Waals surface area (Å²) < 4.78 is 0. The van der Waals surface area contributed by atoms with E-state index in [2.05, 4.69) is 20.5 Å². The lowest BCUT2D eigenvalue weighted by atomic mass is 9.96. The van der Waals surface area contributed by atoms with Crippen LogP contribution in [0.25, 0.3) is 0 Å². The first kappa shape index (κ1) is 13.5. The summed E-state index contributed by atoms with van der Waals surface area (Å²) in [7, 11) is 0. The topological polar surface area (TPSA) is 91.0 Å². The summed E-state index contributed by atoms with van der Waals surface area (Å²) in [5, 5.41) is 9.38. The van der Waals surface area contributed by atoms with Crippen LogP contribution in [0.4, 0.5) is 0 Å². The Morgan fingerprint density at radius 2 is 2.11 bits per heavy atom. The lowest BCUT2D eigenvalue weighted by Crippen LogP contribution is -2.41. The second-order valence-corrected chi connectivity index (χ2v) is 4.92. The quantitative estimate of drug-likeness (QED) is 0.811. The van der Waals surface area contributed by atoms with Crippen LogP contribution in [0.3, 0.4) is 0 Å². The number of aromatic nitrogens is 3. The van der Waals surface area contributed by atoms with E-state index in [0.29, 0.717) is 31.4 Å². The third kappa shape index (κ3) is 3.52. The van der Waals surface area contributed by atoms with Crippen molar-refractivity contribution in [2.75, 3.05) is 19.6 Å². The van der Waals surface area contributed by atoms with Crippen LogP contribution in [-0.4, -0.2) is 51.5 Å². The molecule has 2 rings (SSSR count). The van der Waals surface area contributed by atoms with Gasteiger partial charge in [-0.25, -0.2) is 4.98 Å². The first-order chi connectivity index (χ1) is 9.06. The van der Waals surface area contributed by atoms with Crippen LogP contribution in [0.15, 0.2) is 0 Å². The Balaban J connectivity index is 1.83. The van der Waals surface area contributed by atoms with Gasteiger partial charge in [-0.05, 0) is 25.7 Å². The van der Waals surface area contributed by atoms with Gasteiger partial charge in [0.1, 0.15) is 5.82 Å². The van der Waals surface area contributed by atoms with E-state index in [1.165, 1.54) is 6.92 Å². The van der Waals surface area contributed by atoms with Crippen molar-refractivity contribution in [3.63, 3.8) is 0 Å². The van der Waals surface area contributed by atoms with Crippen LogP contribution in [0.1, 0.15) is 36.2 Å². The van der Waals surface area contributed by atoms with E-state index >= 15 is 0 Å². The van der Waals surface area contributed by atoms with E-state index in [0.717, 1.165) is 12.8 Å². The Hall–Kier alpha value is -1.92. The Morgan fingerprint density at radius 3 is 2.63 bits per heavy atom. The molecule has 0 atom stereocenters. The van der Waals surface area contributed by atoms with Crippen LogP contribution in [-0.2, 0) is 4.79 Å². The van der Waals surface area contributed by atoms with E-state index < -0.39 is 0 Å². The number of hydrogen-bond donors (Lipinski definition) is 2. The Morgan fingerprint density at radius 1 is 1.42 bits per heavy atom. The highest BCUT2D eigenvalue weighted by Crippen LogP contribution is 2.17. The first-order valence-electron chi connectivity index (χ1n) is 6.49. The molecule has 2 heterocycles. The molecule has 0 radical (unpaired) electrons. The van der Waals surface area contributed by atoms with Crippen molar-refractivity contribution >= 4 is 11.8 Å². The van der Waals surface area contributed by atoms with Crippen molar-refractivity contribution in [2.24, 2.45) is 5.92 Å². The third-order valence-electron chi connectivity index (χ3n) is 3.33. The maximum Gasteiger partial charge on any atom is 0.293 e. The van der Waals surface area contributed by atoms with Gasteiger partial charge >= 0.3 is 0 Å². The summed E-state index contributed by atoms with van der Waals surface area (Å²) in [6.07, 6.45) is 1.80. The molecule has 0 aromatic carbocycles. The molecule has 0 unspecified atom stereocenters. The standard InChI is InChI=1S/C12H19N5O2/c1-8-14-11(16-15-8)12(19)17-5-3-10(4-6-17)7-13-9(2)18/h10H,3-7H2,1-2H3,(H,13,18)(H,14,15,16). The minimum atomic E-state index is -0.123. The Bertz CT molecular complexity index is 462. The maximum atomic E-state index is 12.1. The third-order valence-corrected chi connectivity index (χ3v) is 3.33. The van der Waals surface area contributed by atoms with Crippen molar-refractivity contribution in [1.29, 1.82) is 0 Å². The molecule has 1 fully saturated rings. The second kappa shape index (κ2) is 5.81. The zero-order valence-electron chi connectivity index (χ0n) is 11.3. The van der Waals surface area contributed by atoms with E-state index in [9.17, 15) is 9.59 Å². The molecule has 104 valence electrons. The van der Waals surface area contributed by atoms with Gasteiger partial charge in [-0.2, -0.15) is 0 Å². The molecule has 7 heteroatoms. The number of aromatic amines is 1. The fraction of sp³-hybridized carbons (Fsp3) is 0.667. The van der Waals surface area contributed by atoms with Crippen LogP contribution in [0, 0.1) is 12.8 Å². The van der Waals surface area contributed by atoms with E-state index in [-0.39, 0.29) is 17.6 Å². The average Bonchev–Trinajstić information content (AvgIpc) is 2.83. The Labute approximate surface area is 111 Å². The van der Waals surface area contributed by atoms with Crippen molar-refractivity contribution in [3.05, 3.63) is 11.6 Å². The Kier molecular flexibility index (Phi) is 4.13. The lowest BCUT2D eigenvalue weighted by Gasteiger charge is -2.31. The number of aryl methyl sites for hydroxylation is 1. The smallest absolute Gasteiger partial charge is 0.293 e. The fourth-order valence-electron chi connectivity index (χ4n) is 2.21. The van der Waals surface area contributed by atoms with Crippen molar-refractivity contribution < 1.29 is 9.59 Å². The number of rotatable bonds is 3. The number of amides is 2. The van der Waals surface area contributed by atoms with Gasteiger partial charge in [0.25, 0.3) is 5.91 Å². The normalized spacial score (nSPS) is 16.4. The largest absolute Gasteiger partial charge is 0.356 e. The molecule has 2 N–H and O–H groups in total. The summed E-state index contributed by atoms with van der Waals surface area (Å²) in [4.78, 5) is 28.8. The minimum Gasteiger partial charge on any atom is -0.356 e. The summed E-state index contributed by atoms with van der Waals surface area (Å²) in [5.74, 6) is 1.19. The highest BCUT2D eigenvalue weighted by Gasteiger charge is 2.25. The fourth-order valence-corrected chi connectivity index (χ4v) is 2.21. The number of nitrogens with zero attached hydrogens (tertiary/aromatic N) is 3. The number of carbonyl (C=O) groups is 2. The van der Waals surface area contributed by atoms with E-state index in [4.69, 9.17) is 0 Å². The lowest BCUT2D eigenvalue weighted by molar-refractivity contribution is -0.119. The zero-order chi connectivity index (χ0) is 13.8. The monoisotopic (exact) mass is 265 g/mol. The molecule has 1 aromatic heterocycles. The summed E-state index contributed by atoms with van der Waals surface area (Å²) in [6, 6.07) is 0. The molecule has 2 amide bonds. The molecule has 1 aromatic rings. The molecule has 0 aliphatic carbocycles. The molecular formula is C12H19N5O2. The van der Waals surface area contributed by atoms with Crippen LogP contribution >= 0.6 is 0 Å². The van der Waals surface area contributed by atoms with E-state index in [1.807, 2.05) is 0 Å². The predicted molar refractivity (Wildman–Crippen MR) is 68.4 cm³/mol. The van der Waals surface area contributed by atoms with Gasteiger partial charge in [0.2, 0.25) is 11.7 Å². The average molecular weight is 265 g/mol. The number of H-pyrrole nitrogens is 1. The summed E-state index contributed by atoms with van der Waals surface area (Å²) in [6.45, 7) is 5.36. The molecule has 0 bridgehead atoms. The van der Waals surface area contributed by atoms with Gasteiger partial charge in [-0.1, -0.05) is 0 Å². The van der Waals surface area contributed by atoms with Crippen molar-refractivity contribution in [3.8, 4) is 0 Å². The highest BCUT2D eigenvalue weighted by molar-refractivity contribution is 5.90. The number of hydrogen-bond acceptors (Lipinski definition) is 4. The number of likely N-dealkylation sites (tertiary alicyclic amines) is 1. The minimum absolute atomic E-state index is 0.00490. The van der Waals surface area contributed by atoms with Gasteiger partial charge in [-0.15, -0.1) is 5.10 Å². The summed E-state index contributed by atoms with van der Waals surface area (Å²) in [5.41, 5.74) is 0. The zero-order valence-corrected chi connectivity index (χ0v) is 11.3. The molecule has 1 aliphatic heterocycles. The molecule has 0 saturated carbocycles. The molecule has 1 aliphatic rings. The first-order valence-corrected chi connectivity index (χ1v) is 6.49. The van der Waals surface area contributed by atoms with Gasteiger partial charge in [0.05, 0.1) is 0 Å². The van der Waals surface area contributed by atoms with Gasteiger partial charge in [0.15, 0.2) is 0 Å². The molecule has 7 nitrogen and oxygen atoms in total. The summed E-state index contributed by atoms with van der Waals surface area (Å²) >= 11 is 0. The molecule has 0 spiro atoms. The SMILES string of the molecule is CC(=O)NCC1CCN(C(=O)c2n[nH]c(C)n2)CC1. The van der Waals surface area contributed by atoms with Crippen molar-refractivity contribution in [1.82, 2.24) is 25.4 Å². The van der Waals surface area contributed by atoms with E-state index in [1.54, 1.807) is 11.8 Å². The highest BCUT2D eigenvalue weighted by atomic mass is 16.2. The van der Waals surface area contributed by atoms with Gasteiger partial charge in [0, 0.05) is 26.6 Å². The second-order valence-electron chi connectivity index (χ2n) is 4.92. The van der Waals surface area contributed by atoms with Gasteiger partial charge in [-0.3, -0.25) is 14.7 Å². The maximum absolute atomic E-state index is 12.1. The number of nitrogens with one attached hydrogen (secondary N) is 2. The molecule has 19 heavy (non-hydrogen) atoms. The molecule has 1 saturated heterocycles. The van der Waals surface area contributed by atoms with Crippen LogP contribution in [0.2, 0.25) is 0 Å². The van der Waals surface area contributed by atoms with Gasteiger partial charge < -0.3 is 10.2 Å². The molecular weight excluding hydrogens is 246 g/mol. The van der Waals surface area contributed by atoms with Crippen LogP contribution in [0.5, 0.6) is 0 Å². The number of piperidine rings is 1. The van der Waals surface area contributed by atoms with Crippen molar-refractivity contribution in [2.45, 2.75) is 26.7 Å². The predicted octanol–water partition coefficient (Wildman–Crippen LogP) is 0.101.